The number of nitrogens with two attached hydrogens (primary N) is 5. The molecule has 506 valence electrons. The number of hydrogen-bond acceptors (Lipinski definition) is 13. The lowest BCUT2D eigenvalue weighted by molar-refractivity contribution is -0.142. The van der Waals surface area contributed by atoms with E-state index < -0.39 is 95.7 Å². The molecular weight excluding hydrogens is 1210 g/mol. The lowest BCUT2D eigenvalue weighted by Crippen LogP contribution is -2.60. The predicted octanol–water partition coefficient (Wildman–Crippen LogP) is 2.34. The van der Waals surface area contributed by atoms with Gasteiger partial charge < -0.3 is 96.2 Å². The van der Waals surface area contributed by atoms with Crippen LogP contribution < -0.4 is 71.2 Å². The normalized spacial score (nSPS) is 14.0. The molecule has 0 saturated carbocycles. The first-order valence-corrected chi connectivity index (χ1v) is 32.4. The van der Waals surface area contributed by atoms with Crippen LogP contribution in [0.1, 0.15) is 92.9 Å². The summed E-state index contributed by atoms with van der Waals surface area (Å²) in [6.07, 6.45) is 9.77. The van der Waals surface area contributed by atoms with Crippen LogP contribution in [0.15, 0.2) is 122 Å². The smallest absolute Gasteiger partial charge is 0.326 e. The van der Waals surface area contributed by atoms with Gasteiger partial charge in [-0.2, -0.15) is 0 Å². The number of aromatic nitrogens is 4. The average Bonchev–Trinajstić information content (AvgIpc) is 1.79. The van der Waals surface area contributed by atoms with Crippen molar-refractivity contribution in [1.82, 2.24) is 62.5 Å². The first-order valence-electron chi connectivity index (χ1n) is 32.4. The van der Waals surface area contributed by atoms with Crippen molar-refractivity contribution in [2.75, 3.05) is 26.2 Å². The Kier molecular flexibility index (Phi) is 26.3. The maximum absolute atomic E-state index is 15.4. The topological polar surface area (TPSA) is 470 Å². The molecule has 95 heavy (non-hydrogen) atoms. The second kappa shape index (κ2) is 35.3. The number of rotatable bonds is 39. The number of benzene rings is 4. The minimum Gasteiger partial charge on any atom is -0.480 e. The Balaban J connectivity index is 1.06. The van der Waals surface area contributed by atoms with Crippen molar-refractivity contribution in [3.05, 3.63) is 144 Å². The van der Waals surface area contributed by atoms with E-state index >= 15 is 14.4 Å². The second-order valence-electron chi connectivity index (χ2n) is 24.0. The molecule has 0 unspecified atom stereocenters. The number of carbonyl (C=O) groups excluding carboxylic acids is 7. The highest BCUT2D eigenvalue weighted by atomic mass is 16.4. The van der Waals surface area contributed by atoms with Crippen LogP contribution in [-0.2, 0) is 64.0 Å². The van der Waals surface area contributed by atoms with Crippen LogP contribution in [0, 0.1) is 5.41 Å². The average molecular weight is 1300 g/mol. The first-order chi connectivity index (χ1) is 45.9. The number of carboxylic acids is 1. The Bertz CT molecular complexity index is 3910. The van der Waals surface area contributed by atoms with E-state index in [1.807, 2.05) is 97.1 Å². The van der Waals surface area contributed by atoms with Crippen molar-refractivity contribution in [1.29, 1.82) is 5.41 Å². The highest BCUT2D eigenvalue weighted by Crippen LogP contribution is 2.24. The number of aliphatic carboxylic acids is 1. The molecule has 0 aliphatic heterocycles. The molecule has 0 aliphatic rings. The summed E-state index contributed by atoms with van der Waals surface area (Å²) in [6.45, 7) is 0.982. The lowest BCUT2D eigenvalue weighted by Gasteiger charge is -2.28. The molecule has 0 radical (unpaired) electrons. The number of para-hydroxylation sites is 4. The Morgan fingerprint density at radius 3 is 0.979 bits per heavy atom. The second-order valence-corrected chi connectivity index (χ2v) is 24.0. The standard InChI is InChI=1S/C68H90N18O9/c69-28-12-9-24-53(80-60(87)48(72)32-40-36-76-49-20-5-1-16-44(40)49)61(88)81-54(25-10-13-29-70)63(90)84-58(34-42-38-78-51-22-7-3-18-46(42)51)66(93)85-57(33-41-37-77-50-21-6-2-17-45(41)50)65(92)83-56(27-15-31-75-68(73)74)62(89)82-55(26-11-14-30-71)64(91)86-59(67(94)95)35-43-39-79-52-23-8-4-19-47(43)52/h1-8,16-23,36-39,48,53-59,76-79H,9-15,24-35,69-72H2,(H,80,87)(H,81,88)(H,82,89)(H,83,92)(H,84,90)(H,85,93)(H,86,91)(H,94,95)(H4,73,74,75)/t48-,53-,54-,55-,56-,57-,58-,59-/m0/s1. The van der Waals surface area contributed by atoms with Crippen LogP contribution in [0.2, 0.25) is 0 Å². The van der Waals surface area contributed by atoms with Crippen LogP contribution in [0.25, 0.3) is 43.6 Å². The Labute approximate surface area is 549 Å². The summed E-state index contributed by atoms with van der Waals surface area (Å²) in [5.41, 5.74) is 35.6. The lowest BCUT2D eigenvalue weighted by atomic mass is 10.00. The monoisotopic (exact) mass is 1300 g/mol. The van der Waals surface area contributed by atoms with E-state index in [4.69, 9.17) is 34.1 Å². The van der Waals surface area contributed by atoms with Crippen LogP contribution in [0.4, 0.5) is 0 Å². The van der Waals surface area contributed by atoms with Gasteiger partial charge in [-0.1, -0.05) is 72.8 Å². The van der Waals surface area contributed by atoms with E-state index in [0.29, 0.717) is 61.8 Å². The highest BCUT2D eigenvalue weighted by molar-refractivity contribution is 5.99. The fourth-order valence-electron chi connectivity index (χ4n) is 11.8. The fraction of sp³-hybridized carbons (Fsp3) is 0.397. The molecule has 4 heterocycles. The fourth-order valence-corrected chi connectivity index (χ4v) is 11.8. The number of carbonyl (C=O) groups is 8. The van der Waals surface area contributed by atoms with Gasteiger partial charge in [0.1, 0.15) is 42.3 Å². The van der Waals surface area contributed by atoms with Gasteiger partial charge in [0.25, 0.3) is 0 Å². The number of carboxylic acid groups (broad SMARTS) is 1. The van der Waals surface area contributed by atoms with Crippen molar-refractivity contribution < 1.29 is 43.5 Å². The van der Waals surface area contributed by atoms with Crippen LogP contribution in [0.5, 0.6) is 0 Å². The Hall–Kier alpha value is -10.1. The summed E-state index contributed by atoms with van der Waals surface area (Å²) >= 11 is 0. The summed E-state index contributed by atoms with van der Waals surface area (Å²) in [6, 6.07) is 19.2. The summed E-state index contributed by atoms with van der Waals surface area (Å²) in [7, 11) is 0. The third-order valence-corrected chi connectivity index (χ3v) is 17.0. The van der Waals surface area contributed by atoms with E-state index in [2.05, 4.69) is 62.5 Å². The summed E-state index contributed by atoms with van der Waals surface area (Å²) in [5, 5.41) is 43.8. The van der Waals surface area contributed by atoms with Gasteiger partial charge in [0.15, 0.2) is 5.96 Å². The summed E-state index contributed by atoms with van der Waals surface area (Å²) in [4.78, 5) is 129. The van der Waals surface area contributed by atoms with E-state index in [-0.39, 0.29) is 83.4 Å². The van der Waals surface area contributed by atoms with Gasteiger partial charge in [0.05, 0.1) is 6.04 Å². The molecule has 27 nitrogen and oxygen atoms in total. The number of fused-ring (bicyclic) bond motifs is 4. The molecular formula is C68H90N18O9. The summed E-state index contributed by atoms with van der Waals surface area (Å²) < 4.78 is 0. The molecule has 4 aromatic carbocycles. The molecule has 8 atom stereocenters. The van der Waals surface area contributed by atoms with Crippen molar-refractivity contribution >= 4 is 96.9 Å². The molecule has 0 spiro atoms. The Morgan fingerprint density at radius 2 is 0.653 bits per heavy atom. The number of amides is 7. The molecule has 8 rings (SSSR count). The zero-order chi connectivity index (χ0) is 67.8. The third kappa shape index (κ3) is 20.0. The highest BCUT2D eigenvalue weighted by Gasteiger charge is 2.36. The van der Waals surface area contributed by atoms with E-state index in [1.54, 1.807) is 24.8 Å². The van der Waals surface area contributed by atoms with Gasteiger partial charge in [-0.05, 0) is 143 Å². The molecule has 0 saturated heterocycles. The van der Waals surface area contributed by atoms with Gasteiger partial charge in [0, 0.05) is 94.2 Å². The first kappa shape index (κ1) is 70.8. The molecule has 0 bridgehead atoms. The minimum atomic E-state index is -1.46. The number of hydrogen-bond donors (Lipinski definition) is 19. The molecule has 7 amide bonds. The number of guanidine groups is 1. The van der Waals surface area contributed by atoms with Gasteiger partial charge in [0.2, 0.25) is 41.4 Å². The maximum Gasteiger partial charge on any atom is 0.326 e. The quantitative estimate of drug-likeness (QED) is 0.0149. The largest absolute Gasteiger partial charge is 0.480 e. The van der Waals surface area contributed by atoms with Gasteiger partial charge in [-0.25, -0.2) is 4.79 Å². The van der Waals surface area contributed by atoms with Crippen LogP contribution >= 0.6 is 0 Å². The molecule has 8 aromatic rings. The SMILES string of the molecule is N=C(N)NCCC[C@H](NC(=O)[C@H](Cc1c[nH]c2ccccc12)NC(=O)[C@H](Cc1c[nH]c2ccccc12)NC(=O)[C@H](CCCCN)NC(=O)[C@H](CCCCN)NC(=O)[C@@H](N)Cc1c[nH]c2ccccc12)C(=O)N[C@@H](CCCCN)C(=O)N[C@@H](Cc1c[nH]c2ccccc12)C(=O)O. The molecule has 0 aliphatic carbocycles. The van der Waals surface area contributed by atoms with Crippen LogP contribution in [0.3, 0.4) is 0 Å². The molecule has 24 N–H and O–H groups in total. The van der Waals surface area contributed by atoms with Crippen molar-refractivity contribution in [2.45, 2.75) is 145 Å². The van der Waals surface area contributed by atoms with Crippen LogP contribution in [-0.4, -0.2) is 153 Å². The molecule has 27 heteroatoms. The van der Waals surface area contributed by atoms with E-state index in [9.17, 15) is 29.1 Å². The number of nitrogens with one attached hydrogen (secondary N) is 13. The van der Waals surface area contributed by atoms with Crippen molar-refractivity contribution in [2.24, 2.45) is 28.7 Å². The van der Waals surface area contributed by atoms with Crippen molar-refractivity contribution in [3.63, 3.8) is 0 Å². The van der Waals surface area contributed by atoms with Crippen molar-refractivity contribution in [3.8, 4) is 0 Å². The zero-order valence-electron chi connectivity index (χ0n) is 53.2. The maximum atomic E-state index is 15.4. The Morgan fingerprint density at radius 1 is 0.379 bits per heavy atom. The number of H-pyrrole nitrogens is 4. The minimum absolute atomic E-state index is 0.0504. The van der Waals surface area contributed by atoms with Gasteiger partial charge in [-0.15, -0.1) is 0 Å². The summed E-state index contributed by atoms with van der Waals surface area (Å²) in [5.74, 6) is -6.87. The van der Waals surface area contributed by atoms with Gasteiger partial charge >= 0.3 is 5.97 Å². The van der Waals surface area contributed by atoms with Gasteiger partial charge in [-0.3, -0.25) is 39.0 Å². The molecule has 4 aromatic heterocycles. The number of unbranched alkanes of at least 4 members (excludes halogenated alkanes) is 3. The van der Waals surface area contributed by atoms with E-state index in [1.165, 1.54) is 0 Å². The molecule has 0 fully saturated rings. The third-order valence-electron chi connectivity index (χ3n) is 17.0. The predicted molar refractivity (Wildman–Crippen MR) is 365 cm³/mol. The number of aromatic amines is 4. The zero-order valence-corrected chi connectivity index (χ0v) is 53.2. The van der Waals surface area contributed by atoms with E-state index in [0.717, 1.165) is 49.2 Å².